The molecule has 0 fully saturated rings. The maximum absolute atomic E-state index is 9.70. The Bertz CT molecular complexity index is 540. The van der Waals surface area contributed by atoms with Crippen LogP contribution in [0.4, 0.5) is 0 Å². The van der Waals surface area contributed by atoms with Gasteiger partial charge in [-0.2, -0.15) is 0 Å². The topological polar surface area (TPSA) is 51.6 Å². The van der Waals surface area contributed by atoms with E-state index in [0.717, 1.165) is 0 Å². The summed E-state index contributed by atoms with van der Waals surface area (Å²) in [7, 11) is 0. The molecule has 0 spiro atoms. The summed E-state index contributed by atoms with van der Waals surface area (Å²) in [6.45, 7) is 4.43. The number of pyridine rings is 1. The predicted octanol–water partition coefficient (Wildman–Crippen LogP) is 3.72. The van der Waals surface area contributed by atoms with Crippen LogP contribution >= 0.6 is 0 Å². The molecule has 1 atom stereocenters. The highest BCUT2D eigenvalue weighted by molar-refractivity contribution is 5.42. The van der Waals surface area contributed by atoms with Gasteiger partial charge in [-0.15, -0.1) is 0 Å². The third kappa shape index (κ3) is 3.48. The fraction of sp³-hybridized carbons (Fsp3) is 0.312. The Labute approximate surface area is 119 Å². The van der Waals surface area contributed by atoms with Crippen molar-refractivity contribution in [1.29, 1.82) is 0 Å². The molecule has 1 heterocycles. The standard InChI is InChI=1S/C16H19NO3/c1-3-14(18)13-10-9-12(11-17-13)20-16-8-6-5-7-15(16)19-4-2/h5-11,14,18H,3-4H2,1-2H3. The number of ether oxygens (including phenoxy) is 2. The van der Waals surface area contributed by atoms with Crippen molar-refractivity contribution in [3.8, 4) is 17.2 Å². The van der Waals surface area contributed by atoms with Crippen LogP contribution in [-0.4, -0.2) is 16.7 Å². The first-order chi connectivity index (χ1) is 9.74. The van der Waals surface area contributed by atoms with Crippen molar-refractivity contribution in [2.45, 2.75) is 26.4 Å². The molecule has 4 heteroatoms. The van der Waals surface area contributed by atoms with Crippen LogP contribution in [0.15, 0.2) is 42.6 Å². The monoisotopic (exact) mass is 273 g/mol. The minimum Gasteiger partial charge on any atom is -0.490 e. The van der Waals surface area contributed by atoms with E-state index < -0.39 is 6.10 Å². The van der Waals surface area contributed by atoms with Gasteiger partial charge in [0, 0.05) is 0 Å². The molecular weight excluding hydrogens is 254 g/mol. The Morgan fingerprint density at radius 2 is 1.85 bits per heavy atom. The summed E-state index contributed by atoms with van der Waals surface area (Å²) < 4.78 is 11.3. The zero-order valence-electron chi connectivity index (χ0n) is 11.7. The van der Waals surface area contributed by atoms with E-state index in [9.17, 15) is 5.11 Å². The molecule has 106 valence electrons. The molecule has 1 N–H and O–H groups in total. The molecule has 0 aliphatic heterocycles. The number of benzene rings is 1. The third-order valence-electron chi connectivity index (χ3n) is 2.86. The number of aliphatic hydroxyl groups is 1. The number of aliphatic hydroxyl groups excluding tert-OH is 1. The number of aromatic nitrogens is 1. The summed E-state index contributed by atoms with van der Waals surface area (Å²) in [5, 5.41) is 9.70. The minimum absolute atomic E-state index is 0.528. The lowest BCUT2D eigenvalue weighted by Crippen LogP contribution is -1.99. The van der Waals surface area contributed by atoms with E-state index in [1.165, 1.54) is 0 Å². The Morgan fingerprint density at radius 3 is 2.45 bits per heavy atom. The third-order valence-corrected chi connectivity index (χ3v) is 2.86. The van der Waals surface area contributed by atoms with E-state index in [4.69, 9.17) is 9.47 Å². The van der Waals surface area contributed by atoms with Gasteiger partial charge in [-0.1, -0.05) is 19.1 Å². The summed E-state index contributed by atoms with van der Waals surface area (Å²) in [5.74, 6) is 1.97. The number of para-hydroxylation sites is 2. The number of nitrogens with zero attached hydrogens (tertiary/aromatic N) is 1. The highest BCUT2D eigenvalue weighted by Gasteiger charge is 2.08. The Kier molecular flexibility index (Phi) is 4.96. The van der Waals surface area contributed by atoms with E-state index in [-0.39, 0.29) is 0 Å². The van der Waals surface area contributed by atoms with Gasteiger partial charge in [-0.3, -0.25) is 4.98 Å². The molecule has 0 saturated carbocycles. The SMILES string of the molecule is CCOc1ccccc1Oc1ccc(C(O)CC)nc1. The molecule has 0 bridgehead atoms. The van der Waals surface area contributed by atoms with E-state index in [0.29, 0.717) is 36.0 Å². The number of hydrogen-bond acceptors (Lipinski definition) is 4. The predicted molar refractivity (Wildman–Crippen MR) is 77.2 cm³/mol. The Morgan fingerprint density at radius 1 is 1.10 bits per heavy atom. The molecule has 0 aliphatic carbocycles. The van der Waals surface area contributed by atoms with Gasteiger partial charge in [0.15, 0.2) is 11.5 Å². The van der Waals surface area contributed by atoms with E-state index in [2.05, 4.69) is 4.98 Å². The lowest BCUT2D eigenvalue weighted by atomic mass is 10.2. The zero-order chi connectivity index (χ0) is 14.4. The fourth-order valence-electron chi connectivity index (χ4n) is 1.79. The zero-order valence-corrected chi connectivity index (χ0v) is 11.7. The van der Waals surface area contributed by atoms with E-state index >= 15 is 0 Å². The maximum atomic E-state index is 9.70. The van der Waals surface area contributed by atoms with Gasteiger partial charge in [0.05, 0.1) is 24.6 Å². The summed E-state index contributed by atoms with van der Waals surface area (Å²) in [6.07, 6.45) is 1.72. The average Bonchev–Trinajstić information content (AvgIpc) is 2.49. The molecule has 2 rings (SSSR count). The molecule has 1 aromatic carbocycles. The van der Waals surface area contributed by atoms with Crippen LogP contribution in [0.1, 0.15) is 32.1 Å². The molecule has 0 amide bonds. The Hall–Kier alpha value is -2.07. The Balaban J connectivity index is 2.14. The minimum atomic E-state index is -0.528. The summed E-state index contributed by atoms with van der Waals surface area (Å²) in [5.41, 5.74) is 0.651. The van der Waals surface area contributed by atoms with Crippen LogP contribution in [-0.2, 0) is 0 Å². The fourth-order valence-corrected chi connectivity index (χ4v) is 1.79. The van der Waals surface area contributed by atoms with Gasteiger partial charge >= 0.3 is 0 Å². The largest absolute Gasteiger partial charge is 0.490 e. The highest BCUT2D eigenvalue weighted by atomic mass is 16.5. The second kappa shape index (κ2) is 6.91. The van der Waals surface area contributed by atoms with Gasteiger partial charge in [0.1, 0.15) is 5.75 Å². The van der Waals surface area contributed by atoms with Gasteiger partial charge in [0.2, 0.25) is 0 Å². The molecule has 2 aromatic rings. The van der Waals surface area contributed by atoms with Crippen LogP contribution in [0.2, 0.25) is 0 Å². The molecule has 4 nitrogen and oxygen atoms in total. The van der Waals surface area contributed by atoms with E-state index in [1.807, 2.05) is 38.1 Å². The van der Waals surface area contributed by atoms with Gasteiger partial charge in [-0.25, -0.2) is 0 Å². The molecule has 0 radical (unpaired) electrons. The van der Waals surface area contributed by atoms with Crippen LogP contribution < -0.4 is 9.47 Å². The normalized spacial score (nSPS) is 11.9. The molecular formula is C16H19NO3. The maximum Gasteiger partial charge on any atom is 0.169 e. The van der Waals surface area contributed by atoms with Crippen molar-refractivity contribution in [2.24, 2.45) is 0 Å². The summed E-state index contributed by atoms with van der Waals surface area (Å²) >= 11 is 0. The van der Waals surface area contributed by atoms with Crippen molar-refractivity contribution < 1.29 is 14.6 Å². The number of rotatable bonds is 6. The number of hydrogen-bond donors (Lipinski definition) is 1. The van der Waals surface area contributed by atoms with E-state index in [1.54, 1.807) is 18.3 Å². The lowest BCUT2D eigenvalue weighted by molar-refractivity contribution is 0.169. The van der Waals surface area contributed by atoms with Gasteiger partial charge in [-0.05, 0) is 37.6 Å². The molecule has 1 unspecified atom stereocenters. The molecule has 1 aromatic heterocycles. The smallest absolute Gasteiger partial charge is 0.169 e. The second-order valence-electron chi connectivity index (χ2n) is 4.32. The summed E-state index contributed by atoms with van der Waals surface area (Å²) in [4.78, 5) is 4.21. The molecule has 0 saturated heterocycles. The van der Waals surface area contributed by atoms with Crippen LogP contribution in [0.5, 0.6) is 17.2 Å². The van der Waals surface area contributed by atoms with Crippen LogP contribution in [0, 0.1) is 0 Å². The quantitative estimate of drug-likeness (QED) is 0.871. The van der Waals surface area contributed by atoms with Crippen LogP contribution in [0.25, 0.3) is 0 Å². The van der Waals surface area contributed by atoms with Crippen molar-refractivity contribution >= 4 is 0 Å². The first kappa shape index (κ1) is 14.3. The van der Waals surface area contributed by atoms with Crippen molar-refractivity contribution in [1.82, 2.24) is 4.98 Å². The van der Waals surface area contributed by atoms with Gasteiger partial charge in [0.25, 0.3) is 0 Å². The van der Waals surface area contributed by atoms with Crippen molar-refractivity contribution in [2.75, 3.05) is 6.61 Å². The molecule has 20 heavy (non-hydrogen) atoms. The summed E-state index contributed by atoms with van der Waals surface area (Å²) in [6, 6.07) is 11.1. The molecule has 0 aliphatic rings. The lowest BCUT2D eigenvalue weighted by Gasteiger charge is -2.12. The first-order valence-electron chi connectivity index (χ1n) is 6.78. The van der Waals surface area contributed by atoms with Crippen molar-refractivity contribution in [3.05, 3.63) is 48.3 Å². The first-order valence-corrected chi connectivity index (χ1v) is 6.78. The van der Waals surface area contributed by atoms with Gasteiger partial charge < -0.3 is 14.6 Å². The van der Waals surface area contributed by atoms with Crippen LogP contribution in [0.3, 0.4) is 0 Å². The average molecular weight is 273 g/mol. The van der Waals surface area contributed by atoms with Crippen molar-refractivity contribution in [3.63, 3.8) is 0 Å². The highest BCUT2D eigenvalue weighted by Crippen LogP contribution is 2.31. The second-order valence-corrected chi connectivity index (χ2v) is 4.32.